The standard InChI is InChI=1S/C27H37NO3/c1-3-26-10-8-19-18-7-6-17(28-29)12-16(18)13-20(15-4-5-15)24(19)25(26)21-14-22(21)27(26)11-9-23(30-2)31-27/h9,11-12,15,18-25,29H,3-8,10,13-14H2,1-2H3/b28-17+/t18-,19?,20-,21-,22+,23?,24?,25?,26-,27-/m0/s1. The van der Waals surface area contributed by atoms with Crippen LogP contribution < -0.4 is 0 Å². The molecule has 1 aliphatic heterocycles. The van der Waals surface area contributed by atoms with Crippen molar-refractivity contribution in [2.24, 2.45) is 57.9 Å². The summed E-state index contributed by atoms with van der Waals surface area (Å²) in [6, 6.07) is 0. The molecular weight excluding hydrogens is 386 g/mol. The van der Waals surface area contributed by atoms with Gasteiger partial charge in [0.05, 0.1) is 11.3 Å². The SMILES string of the molecule is CC[C@]12CCC3C(C1[C@H]1C[C@H]1[C@@]21C=CC(OC)O1)[C@H](C1CC1)CC1=C/C(=N/O)CC[C@@H]13. The number of hydrogen-bond donors (Lipinski definition) is 1. The predicted molar refractivity (Wildman–Crippen MR) is 119 cm³/mol. The van der Waals surface area contributed by atoms with E-state index in [-0.39, 0.29) is 11.9 Å². The Morgan fingerprint density at radius 1 is 1.19 bits per heavy atom. The van der Waals surface area contributed by atoms with E-state index in [2.05, 4.69) is 30.3 Å². The van der Waals surface area contributed by atoms with Crippen LogP contribution in [-0.4, -0.2) is 29.9 Å². The summed E-state index contributed by atoms with van der Waals surface area (Å²) in [5, 5.41) is 13.0. The van der Waals surface area contributed by atoms with E-state index < -0.39 is 0 Å². The van der Waals surface area contributed by atoms with Gasteiger partial charge in [0.2, 0.25) is 0 Å². The molecule has 6 aliphatic carbocycles. The smallest absolute Gasteiger partial charge is 0.177 e. The second kappa shape index (κ2) is 6.47. The van der Waals surface area contributed by atoms with E-state index in [1.807, 2.05) is 0 Å². The highest BCUT2D eigenvalue weighted by Crippen LogP contribution is 2.80. The average molecular weight is 424 g/mol. The Balaban J connectivity index is 1.31. The van der Waals surface area contributed by atoms with E-state index in [9.17, 15) is 5.21 Å². The van der Waals surface area contributed by atoms with Gasteiger partial charge in [0.25, 0.3) is 0 Å². The molecule has 1 N–H and O–H groups in total. The number of fused-ring (bicyclic) bond motifs is 9. The third-order valence-corrected chi connectivity index (χ3v) is 11.2. The summed E-state index contributed by atoms with van der Waals surface area (Å²) in [6.45, 7) is 2.45. The van der Waals surface area contributed by atoms with Crippen LogP contribution in [0.1, 0.15) is 64.7 Å². The van der Waals surface area contributed by atoms with Gasteiger partial charge in [-0.1, -0.05) is 23.7 Å². The van der Waals surface area contributed by atoms with E-state index in [1.54, 1.807) is 12.7 Å². The summed E-state index contributed by atoms with van der Waals surface area (Å²) in [4.78, 5) is 0. The fourth-order valence-corrected chi connectivity index (χ4v) is 9.97. The first kappa shape index (κ1) is 19.3. The third-order valence-electron chi connectivity index (χ3n) is 11.2. The van der Waals surface area contributed by atoms with Crippen LogP contribution >= 0.6 is 0 Å². The van der Waals surface area contributed by atoms with Crippen LogP contribution in [0.4, 0.5) is 0 Å². The molecule has 4 unspecified atom stereocenters. The highest BCUT2D eigenvalue weighted by atomic mass is 16.7. The third kappa shape index (κ3) is 2.37. The lowest BCUT2D eigenvalue weighted by atomic mass is 9.45. The first-order chi connectivity index (χ1) is 15.2. The summed E-state index contributed by atoms with van der Waals surface area (Å²) in [7, 11) is 1.78. The molecule has 0 saturated heterocycles. The van der Waals surface area contributed by atoms with E-state index >= 15 is 0 Å². The van der Waals surface area contributed by atoms with E-state index in [4.69, 9.17) is 9.47 Å². The molecule has 7 aliphatic rings. The molecule has 4 nitrogen and oxygen atoms in total. The minimum Gasteiger partial charge on any atom is -0.411 e. The van der Waals surface area contributed by atoms with Crippen molar-refractivity contribution in [2.45, 2.75) is 76.6 Å². The van der Waals surface area contributed by atoms with E-state index in [0.717, 1.165) is 53.6 Å². The van der Waals surface area contributed by atoms with Crippen molar-refractivity contribution in [3.05, 3.63) is 23.8 Å². The van der Waals surface area contributed by atoms with Crippen LogP contribution in [0.25, 0.3) is 0 Å². The van der Waals surface area contributed by atoms with Gasteiger partial charge in [-0.05, 0) is 117 Å². The molecule has 31 heavy (non-hydrogen) atoms. The Morgan fingerprint density at radius 3 is 2.77 bits per heavy atom. The highest BCUT2D eigenvalue weighted by molar-refractivity contribution is 5.96. The van der Waals surface area contributed by atoms with Gasteiger partial charge in [0.1, 0.15) is 0 Å². The molecule has 0 radical (unpaired) electrons. The van der Waals surface area contributed by atoms with Gasteiger partial charge in [0.15, 0.2) is 6.29 Å². The summed E-state index contributed by atoms with van der Waals surface area (Å²) >= 11 is 0. The largest absolute Gasteiger partial charge is 0.411 e. The quantitative estimate of drug-likeness (QED) is 0.367. The molecular formula is C27H37NO3. The number of oxime groups is 1. The van der Waals surface area contributed by atoms with Gasteiger partial charge in [-0.25, -0.2) is 0 Å². The minimum atomic E-state index is -0.157. The van der Waals surface area contributed by atoms with Crippen molar-refractivity contribution in [3.63, 3.8) is 0 Å². The van der Waals surface area contributed by atoms with Crippen LogP contribution in [-0.2, 0) is 9.47 Å². The van der Waals surface area contributed by atoms with Crippen molar-refractivity contribution in [1.29, 1.82) is 0 Å². The Labute approximate surface area is 186 Å². The zero-order valence-corrected chi connectivity index (χ0v) is 19.0. The fourth-order valence-electron chi connectivity index (χ4n) is 9.97. The van der Waals surface area contributed by atoms with Crippen molar-refractivity contribution in [2.75, 3.05) is 7.11 Å². The molecule has 0 bridgehead atoms. The van der Waals surface area contributed by atoms with Gasteiger partial charge >= 0.3 is 0 Å². The maximum atomic E-state index is 9.40. The average Bonchev–Trinajstić information content (AvgIpc) is 3.74. The molecule has 5 saturated carbocycles. The first-order valence-electron chi connectivity index (χ1n) is 13.0. The topological polar surface area (TPSA) is 51.0 Å². The van der Waals surface area contributed by atoms with E-state index in [0.29, 0.717) is 11.3 Å². The number of hydrogen-bond acceptors (Lipinski definition) is 4. The van der Waals surface area contributed by atoms with Crippen molar-refractivity contribution in [3.8, 4) is 0 Å². The lowest BCUT2D eigenvalue weighted by molar-refractivity contribution is -0.213. The molecule has 10 atom stereocenters. The molecule has 1 heterocycles. The molecule has 168 valence electrons. The van der Waals surface area contributed by atoms with Gasteiger partial charge in [-0.15, -0.1) is 0 Å². The molecule has 5 fully saturated rings. The molecule has 0 amide bonds. The number of rotatable bonds is 3. The Kier molecular flexibility index (Phi) is 4.04. The zero-order chi connectivity index (χ0) is 21.0. The lowest BCUT2D eigenvalue weighted by Crippen LogP contribution is -2.58. The van der Waals surface area contributed by atoms with Gasteiger partial charge in [0, 0.05) is 12.5 Å². The summed E-state index contributed by atoms with van der Waals surface area (Å²) < 4.78 is 12.5. The normalized spacial score (nSPS) is 55.5. The van der Waals surface area contributed by atoms with Crippen molar-refractivity contribution >= 4 is 5.71 Å². The molecule has 0 aromatic carbocycles. The maximum absolute atomic E-state index is 9.40. The lowest BCUT2D eigenvalue weighted by Gasteiger charge is -2.60. The summed E-state index contributed by atoms with van der Waals surface area (Å²) in [5.41, 5.74) is 2.76. The Hall–Kier alpha value is -1.13. The van der Waals surface area contributed by atoms with Crippen LogP contribution in [0.5, 0.6) is 0 Å². The molecule has 4 heteroatoms. The van der Waals surface area contributed by atoms with Crippen molar-refractivity contribution < 1.29 is 14.7 Å². The molecule has 0 aromatic rings. The second-order valence-electron chi connectivity index (χ2n) is 11.9. The van der Waals surface area contributed by atoms with Gasteiger partial charge in [-0.2, -0.15) is 0 Å². The number of allylic oxidation sites excluding steroid dienone is 2. The van der Waals surface area contributed by atoms with Crippen LogP contribution in [0.2, 0.25) is 0 Å². The summed E-state index contributed by atoms with van der Waals surface area (Å²) in [6.07, 6.45) is 18.3. The van der Waals surface area contributed by atoms with Gasteiger partial charge < -0.3 is 14.7 Å². The van der Waals surface area contributed by atoms with Gasteiger partial charge in [-0.3, -0.25) is 0 Å². The fraction of sp³-hybridized carbons (Fsp3) is 0.815. The van der Waals surface area contributed by atoms with Crippen LogP contribution in [0.3, 0.4) is 0 Å². The predicted octanol–water partition coefficient (Wildman–Crippen LogP) is 5.57. The maximum Gasteiger partial charge on any atom is 0.177 e. The number of nitrogens with zero attached hydrogens (tertiary/aromatic N) is 1. The number of ether oxygens (including phenoxy) is 2. The van der Waals surface area contributed by atoms with E-state index in [1.165, 1.54) is 51.4 Å². The monoisotopic (exact) mass is 423 g/mol. The number of methoxy groups -OCH3 is 1. The minimum absolute atomic E-state index is 0.0732. The Morgan fingerprint density at radius 2 is 2.06 bits per heavy atom. The molecule has 7 rings (SSSR count). The molecule has 1 spiro atoms. The summed E-state index contributed by atoms with van der Waals surface area (Å²) in [5.74, 6) is 6.57. The highest BCUT2D eigenvalue weighted by Gasteiger charge is 2.78. The first-order valence-corrected chi connectivity index (χ1v) is 13.0. The second-order valence-corrected chi connectivity index (χ2v) is 11.9. The van der Waals surface area contributed by atoms with Crippen LogP contribution in [0, 0.1) is 52.8 Å². The van der Waals surface area contributed by atoms with Crippen LogP contribution in [0.15, 0.2) is 29.0 Å². The van der Waals surface area contributed by atoms with Crippen molar-refractivity contribution in [1.82, 2.24) is 0 Å². The molecule has 0 aromatic heterocycles. The Bertz CT molecular complexity index is 874. The zero-order valence-electron chi connectivity index (χ0n) is 19.0.